The summed E-state index contributed by atoms with van der Waals surface area (Å²) in [5.74, 6) is 0. The van der Waals surface area contributed by atoms with Crippen molar-refractivity contribution in [3.05, 3.63) is 24.0 Å². The van der Waals surface area contributed by atoms with Crippen LogP contribution in [-0.4, -0.2) is 35.6 Å². The molecule has 0 radical (unpaired) electrons. The lowest BCUT2D eigenvalue weighted by Gasteiger charge is -2.35. The second-order valence-corrected chi connectivity index (χ2v) is 4.15. The molecule has 15 heavy (non-hydrogen) atoms. The number of aromatic nitrogens is 1. The minimum atomic E-state index is 0. The molecule has 0 spiro atoms. The number of piperazine rings is 1. The summed E-state index contributed by atoms with van der Waals surface area (Å²) in [5, 5.41) is 3.46. The monoisotopic (exact) mass is 229 g/mol. The fraction of sp³-hybridized carbons (Fsp3) is 0.636. The van der Waals surface area contributed by atoms with Gasteiger partial charge in [0, 0.05) is 43.6 Å². The maximum atomic E-state index is 3.46. The van der Waals surface area contributed by atoms with Crippen LogP contribution in [-0.2, 0) is 0 Å². The Morgan fingerprint density at radius 1 is 1.53 bits per heavy atom. The summed E-state index contributed by atoms with van der Waals surface area (Å²) < 4.78 is 0. The Hall–Kier alpha value is -0.510. The van der Waals surface area contributed by atoms with Gasteiger partial charge in [-0.2, -0.15) is 0 Å². The van der Waals surface area contributed by atoms with Gasteiger partial charge in [0.1, 0.15) is 0 Å². The number of aromatic amines is 1. The highest BCUT2D eigenvalue weighted by molar-refractivity contribution is 5.85. The summed E-state index contributed by atoms with van der Waals surface area (Å²) in [6, 6.07) is 5.35. The highest BCUT2D eigenvalue weighted by Crippen LogP contribution is 2.19. The Morgan fingerprint density at radius 2 is 2.33 bits per heavy atom. The molecule has 2 rings (SSSR count). The smallest absolute Gasteiger partial charge is 0.0471 e. The highest BCUT2D eigenvalue weighted by atomic mass is 35.5. The topological polar surface area (TPSA) is 31.1 Å². The van der Waals surface area contributed by atoms with Gasteiger partial charge in [0.15, 0.2) is 0 Å². The molecule has 4 heteroatoms. The molecule has 0 aromatic carbocycles. The van der Waals surface area contributed by atoms with Gasteiger partial charge in [0.05, 0.1) is 0 Å². The number of H-pyrrole nitrogens is 1. The zero-order valence-electron chi connectivity index (χ0n) is 9.36. The molecule has 86 valence electrons. The van der Waals surface area contributed by atoms with E-state index in [-0.39, 0.29) is 12.4 Å². The van der Waals surface area contributed by atoms with E-state index in [1.54, 1.807) is 0 Å². The second kappa shape index (κ2) is 5.54. The fourth-order valence-corrected chi connectivity index (χ4v) is 2.11. The lowest BCUT2D eigenvalue weighted by atomic mass is 10.1. The van der Waals surface area contributed by atoms with E-state index in [0.29, 0.717) is 12.1 Å². The number of hydrogen-bond acceptors (Lipinski definition) is 2. The minimum Gasteiger partial charge on any atom is -0.364 e. The SMILES string of the molecule is CC1CN(C(C)c2ccc[nH]2)CCN1.Cl. The molecule has 2 atom stereocenters. The lowest BCUT2D eigenvalue weighted by Crippen LogP contribution is -2.49. The summed E-state index contributed by atoms with van der Waals surface area (Å²) in [5.41, 5.74) is 1.32. The Labute approximate surface area is 97.7 Å². The van der Waals surface area contributed by atoms with Crippen molar-refractivity contribution in [1.82, 2.24) is 15.2 Å². The quantitative estimate of drug-likeness (QED) is 0.810. The molecule has 2 heterocycles. The highest BCUT2D eigenvalue weighted by Gasteiger charge is 2.21. The van der Waals surface area contributed by atoms with E-state index in [0.717, 1.165) is 19.6 Å². The molecule has 1 aromatic rings. The lowest BCUT2D eigenvalue weighted by molar-refractivity contribution is 0.156. The second-order valence-electron chi connectivity index (χ2n) is 4.15. The van der Waals surface area contributed by atoms with E-state index in [4.69, 9.17) is 0 Å². The molecule has 1 saturated heterocycles. The van der Waals surface area contributed by atoms with Gasteiger partial charge in [0.2, 0.25) is 0 Å². The Bertz CT molecular complexity index is 273. The number of hydrogen-bond donors (Lipinski definition) is 2. The van der Waals surface area contributed by atoms with Gasteiger partial charge in [-0.05, 0) is 26.0 Å². The normalized spacial score (nSPS) is 24.5. The standard InChI is InChI=1S/C11H19N3.ClH/c1-9-8-14(7-6-12-9)10(2)11-4-3-5-13-11;/h3-5,9-10,12-13H,6-8H2,1-2H3;1H. The molecule has 2 N–H and O–H groups in total. The van der Waals surface area contributed by atoms with Gasteiger partial charge in [-0.15, -0.1) is 12.4 Å². The van der Waals surface area contributed by atoms with Crippen LogP contribution in [0.5, 0.6) is 0 Å². The summed E-state index contributed by atoms with van der Waals surface area (Å²) in [7, 11) is 0. The summed E-state index contributed by atoms with van der Waals surface area (Å²) in [6.07, 6.45) is 2.00. The maximum absolute atomic E-state index is 3.46. The molecule has 1 aliphatic heterocycles. The predicted octanol–water partition coefficient (Wildman–Crippen LogP) is 1.79. The van der Waals surface area contributed by atoms with E-state index < -0.39 is 0 Å². The molecular formula is C11H20ClN3. The molecule has 1 aromatic heterocycles. The Balaban J connectivity index is 0.00000112. The van der Waals surface area contributed by atoms with Crippen LogP contribution in [0.4, 0.5) is 0 Å². The van der Waals surface area contributed by atoms with Crippen LogP contribution in [0.15, 0.2) is 18.3 Å². The average Bonchev–Trinajstić information content (AvgIpc) is 2.69. The van der Waals surface area contributed by atoms with Gasteiger partial charge in [0.25, 0.3) is 0 Å². The summed E-state index contributed by atoms with van der Waals surface area (Å²) in [4.78, 5) is 5.81. The van der Waals surface area contributed by atoms with Crippen LogP contribution >= 0.6 is 12.4 Å². The van der Waals surface area contributed by atoms with Crippen LogP contribution in [0, 0.1) is 0 Å². The number of halogens is 1. The Morgan fingerprint density at radius 3 is 2.93 bits per heavy atom. The zero-order valence-corrected chi connectivity index (χ0v) is 10.2. The minimum absolute atomic E-state index is 0. The molecular weight excluding hydrogens is 210 g/mol. The summed E-state index contributed by atoms with van der Waals surface area (Å²) >= 11 is 0. The third-order valence-electron chi connectivity index (χ3n) is 3.02. The third kappa shape index (κ3) is 2.97. The van der Waals surface area contributed by atoms with Gasteiger partial charge in [-0.1, -0.05) is 0 Å². The molecule has 1 aliphatic rings. The predicted molar refractivity (Wildman–Crippen MR) is 65.5 cm³/mol. The maximum Gasteiger partial charge on any atom is 0.0471 e. The first kappa shape index (κ1) is 12.6. The van der Waals surface area contributed by atoms with Crippen molar-refractivity contribution >= 4 is 12.4 Å². The molecule has 3 nitrogen and oxygen atoms in total. The van der Waals surface area contributed by atoms with E-state index in [1.807, 2.05) is 6.20 Å². The van der Waals surface area contributed by atoms with Crippen molar-refractivity contribution in [2.24, 2.45) is 0 Å². The van der Waals surface area contributed by atoms with Gasteiger partial charge < -0.3 is 10.3 Å². The van der Waals surface area contributed by atoms with Crippen LogP contribution in [0.25, 0.3) is 0 Å². The third-order valence-corrected chi connectivity index (χ3v) is 3.02. The van der Waals surface area contributed by atoms with E-state index >= 15 is 0 Å². The zero-order chi connectivity index (χ0) is 9.97. The number of rotatable bonds is 2. The fourth-order valence-electron chi connectivity index (χ4n) is 2.11. The van der Waals surface area contributed by atoms with Crippen molar-refractivity contribution in [3.63, 3.8) is 0 Å². The first-order valence-electron chi connectivity index (χ1n) is 5.38. The first-order valence-corrected chi connectivity index (χ1v) is 5.38. The number of nitrogens with zero attached hydrogens (tertiary/aromatic N) is 1. The average molecular weight is 230 g/mol. The Kier molecular flexibility index (Phi) is 4.64. The summed E-state index contributed by atoms with van der Waals surface area (Å²) in [6.45, 7) is 7.90. The van der Waals surface area contributed by atoms with Crippen molar-refractivity contribution in [3.8, 4) is 0 Å². The van der Waals surface area contributed by atoms with E-state index in [2.05, 4.69) is 41.2 Å². The number of nitrogens with one attached hydrogen (secondary N) is 2. The van der Waals surface area contributed by atoms with Crippen LogP contribution in [0.3, 0.4) is 0 Å². The van der Waals surface area contributed by atoms with Crippen molar-refractivity contribution in [2.45, 2.75) is 25.9 Å². The van der Waals surface area contributed by atoms with Gasteiger partial charge in [-0.3, -0.25) is 4.90 Å². The van der Waals surface area contributed by atoms with Gasteiger partial charge >= 0.3 is 0 Å². The van der Waals surface area contributed by atoms with Crippen molar-refractivity contribution in [2.75, 3.05) is 19.6 Å². The van der Waals surface area contributed by atoms with E-state index in [1.165, 1.54) is 5.69 Å². The molecule has 0 saturated carbocycles. The molecule has 1 fully saturated rings. The van der Waals surface area contributed by atoms with Crippen LogP contribution < -0.4 is 5.32 Å². The molecule has 0 amide bonds. The largest absolute Gasteiger partial charge is 0.364 e. The van der Waals surface area contributed by atoms with Crippen molar-refractivity contribution in [1.29, 1.82) is 0 Å². The molecule has 0 aliphatic carbocycles. The van der Waals surface area contributed by atoms with Gasteiger partial charge in [-0.25, -0.2) is 0 Å². The molecule has 2 unspecified atom stereocenters. The molecule has 0 bridgehead atoms. The van der Waals surface area contributed by atoms with Crippen molar-refractivity contribution < 1.29 is 0 Å². The van der Waals surface area contributed by atoms with E-state index in [9.17, 15) is 0 Å². The van der Waals surface area contributed by atoms with Crippen LogP contribution in [0.1, 0.15) is 25.6 Å². The van der Waals surface area contributed by atoms with Crippen LogP contribution in [0.2, 0.25) is 0 Å². The first-order chi connectivity index (χ1) is 6.77.